The van der Waals surface area contributed by atoms with Gasteiger partial charge in [0.25, 0.3) is 0 Å². The summed E-state index contributed by atoms with van der Waals surface area (Å²) in [6.07, 6.45) is 1.01. The molecule has 0 radical (unpaired) electrons. The monoisotopic (exact) mass is 339 g/mol. The topological polar surface area (TPSA) is 54.9 Å². The minimum Gasteiger partial charge on any atom is -0.497 e. The van der Waals surface area contributed by atoms with Crippen LogP contribution < -0.4 is 20.1 Å². The normalized spacial score (nSPS) is 16.6. The van der Waals surface area contributed by atoms with Crippen LogP contribution in [0.15, 0.2) is 53.5 Å². The molecular formula is C20H25N3O2. The molecule has 0 spiro atoms. The number of para-hydroxylation sites is 1. The van der Waals surface area contributed by atoms with E-state index in [2.05, 4.69) is 33.8 Å². The molecule has 0 saturated heterocycles. The van der Waals surface area contributed by atoms with Crippen molar-refractivity contribution in [2.75, 3.05) is 27.3 Å². The van der Waals surface area contributed by atoms with Crippen LogP contribution in [0.1, 0.15) is 23.5 Å². The molecule has 1 aliphatic rings. The minimum atomic E-state index is 0.431. The third kappa shape index (κ3) is 4.44. The Bertz CT molecular complexity index is 730. The van der Waals surface area contributed by atoms with E-state index in [1.54, 1.807) is 14.2 Å². The fourth-order valence-electron chi connectivity index (χ4n) is 3.04. The molecular weight excluding hydrogens is 314 g/mol. The van der Waals surface area contributed by atoms with Crippen LogP contribution >= 0.6 is 0 Å². The third-order valence-electron chi connectivity index (χ3n) is 4.42. The zero-order chi connectivity index (χ0) is 17.5. The van der Waals surface area contributed by atoms with Gasteiger partial charge in [-0.1, -0.05) is 30.3 Å². The van der Waals surface area contributed by atoms with E-state index in [1.807, 2.05) is 30.3 Å². The summed E-state index contributed by atoms with van der Waals surface area (Å²) in [7, 11) is 3.47. The number of hydrogen-bond acceptors (Lipinski definition) is 3. The summed E-state index contributed by atoms with van der Waals surface area (Å²) >= 11 is 0. The highest BCUT2D eigenvalue weighted by atomic mass is 16.5. The van der Waals surface area contributed by atoms with Crippen LogP contribution in [0.3, 0.4) is 0 Å². The number of ether oxygens (including phenoxy) is 2. The van der Waals surface area contributed by atoms with Gasteiger partial charge in [0.2, 0.25) is 0 Å². The maximum absolute atomic E-state index is 5.73. The number of guanidine groups is 1. The van der Waals surface area contributed by atoms with Crippen molar-refractivity contribution in [1.82, 2.24) is 10.6 Å². The molecule has 1 unspecified atom stereocenters. The molecule has 0 aliphatic carbocycles. The second-order valence-corrected chi connectivity index (χ2v) is 6.03. The first-order chi connectivity index (χ1) is 12.3. The van der Waals surface area contributed by atoms with E-state index in [-0.39, 0.29) is 0 Å². The summed E-state index contributed by atoms with van der Waals surface area (Å²) in [5, 5.41) is 6.78. The van der Waals surface area contributed by atoms with Gasteiger partial charge in [-0.3, -0.25) is 4.99 Å². The average molecular weight is 339 g/mol. The van der Waals surface area contributed by atoms with Gasteiger partial charge >= 0.3 is 0 Å². The molecule has 2 aromatic rings. The first kappa shape index (κ1) is 17.1. The number of nitrogens with one attached hydrogen (secondary N) is 2. The molecule has 1 aliphatic heterocycles. The molecule has 25 heavy (non-hydrogen) atoms. The highest BCUT2D eigenvalue weighted by molar-refractivity contribution is 5.79. The van der Waals surface area contributed by atoms with Crippen LogP contribution in [-0.4, -0.2) is 33.3 Å². The Kier molecular flexibility index (Phi) is 5.77. The Morgan fingerprint density at radius 1 is 1.20 bits per heavy atom. The number of nitrogens with zero attached hydrogens (tertiary/aromatic N) is 1. The minimum absolute atomic E-state index is 0.431. The third-order valence-corrected chi connectivity index (χ3v) is 4.42. The van der Waals surface area contributed by atoms with Gasteiger partial charge in [-0.15, -0.1) is 0 Å². The van der Waals surface area contributed by atoms with Crippen LogP contribution in [-0.2, 0) is 6.54 Å². The zero-order valence-electron chi connectivity index (χ0n) is 14.8. The van der Waals surface area contributed by atoms with Crippen LogP contribution in [0.25, 0.3) is 0 Å². The fraction of sp³-hybridized carbons (Fsp3) is 0.350. The van der Waals surface area contributed by atoms with Gasteiger partial charge in [-0.2, -0.15) is 0 Å². The van der Waals surface area contributed by atoms with E-state index in [1.165, 1.54) is 5.56 Å². The predicted molar refractivity (Wildman–Crippen MR) is 100 cm³/mol. The summed E-state index contributed by atoms with van der Waals surface area (Å²) < 4.78 is 11.0. The SMILES string of the molecule is CN=C(NCc1cccc(OC)c1)NCC1CCOc2ccccc21. The summed E-state index contributed by atoms with van der Waals surface area (Å²) in [6, 6.07) is 16.3. The van der Waals surface area contributed by atoms with Gasteiger partial charge in [-0.05, 0) is 35.7 Å². The summed E-state index contributed by atoms with van der Waals surface area (Å²) in [5.41, 5.74) is 2.42. The first-order valence-electron chi connectivity index (χ1n) is 8.59. The number of benzene rings is 2. The number of aliphatic imine (C=N–C) groups is 1. The van der Waals surface area contributed by atoms with E-state index in [4.69, 9.17) is 9.47 Å². The number of rotatable bonds is 5. The maximum atomic E-state index is 5.73. The second-order valence-electron chi connectivity index (χ2n) is 6.03. The van der Waals surface area contributed by atoms with Crippen molar-refractivity contribution in [1.29, 1.82) is 0 Å². The van der Waals surface area contributed by atoms with E-state index in [0.29, 0.717) is 12.5 Å². The van der Waals surface area contributed by atoms with Crippen LogP contribution in [0, 0.1) is 0 Å². The first-order valence-corrected chi connectivity index (χ1v) is 8.59. The van der Waals surface area contributed by atoms with Crippen LogP contribution in [0.2, 0.25) is 0 Å². The molecule has 5 heteroatoms. The lowest BCUT2D eigenvalue weighted by molar-refractivity contribution is 0.267. The number of methoxy groups -OCH3 is 1. The summed E-state index contributed by atoms with van der Waals surface area (Å²) in [5.74, 6) is 3.09. The molecule has 5 nitrogen and oxygen atoms in total. The van der Waals surface area contributed by atoms with E-state index in [0.717, 1.165) is 42.6 Å². The molecule has 2 aromatic carbocycles. The van der Waals surface area contributed by atoms with E-state index >= 15 is 0 Å². The molecule has 1 atom stereocenters. The lowest BCUT2D eigenvalue weighted by atomic mass is 9.93. The second kappa shape index (κ2) is 8.42. The van der Waals surface area contributed by atoms with Crippen molar-refractivity contribution < 1.29 is 9.47 Å². The molecule has 1 heterocycles. The molecule has 0 amide bonds. The Morgan fingerprint density at radius 3 is 2.92 bits per heavy atom. The highest BCUT2D eigenvalue weighted by Crippen LogP contribution is 2.32. The average Bonchev–Trinajstić information content (AvgIpc) is 2.68. The van der Waals surface area contributed by atoms with Crippen molar-refractivity contribution in [2.24, 2.45) is 4.99 Å². The molecule has 2 N–H and O–H groups in total. The molecule has 3 rings (SSSR count). The van der Waals surface area contributed by atoms with Crippen molar-refractivity contribution >= 4 is 5.96 Å². The van der Waals surface area contributed by atoms with Crippen LogP contribution in [0.5, 0.6) is 11.5 Å². The van der Waals surface area contributed by atoms with Gasteiger partial charge in [0, 0.05) is 26.1 Å². The Balaban J connectivity index is 1.55. The largest absolute Gasteiger partial charge is 0.497 e. The van der Waals surface area contributed by atoms with E-state index in [9.17, 15) is 0 Å². The Morgan fingerprint density at radius 2 is 2.08 bits per heavy atom. The maximum Gasteiger partial charge on any atom is 0.191 e. The molecule has 0 fully saturated rings. The predicted octanol–water partition coefficient (Wildman–Crippen LogP) is 2.93. The number of hydrogen-bond donors (Lipinski definition) is 2. The van der Waals surface area contributed by atoms with Gasteiger partial charge in [0.05, 0.1) is 13.7 Å². The van der Waals surface area contributed by atoms with Crippen molar-refractivity contribution in [3.63, 3.8) is 0 Å². The van der Waals surface area contributed by atoms with Gasteiger partial charge in [0.1, 0.15) is 11.5 Å². The molecule has 132 valence electrons. The molecule has 0 bridgehead atoms. The van der Waals surface area contributed by atoms with Crippen LogP contribution in [0.4, 0.5) is 0 Å². The smallest absolute Gasteiger partial charge is 0.191 e. The Hall–Kier alpha value is -2.69. The summed E-state index contributed by atoms with van der Waals surface area (Å²) in [6.45, 7) is 2.29. The Labute approximate surface area is 149 Å². The van der Waals surface area contributed by atoms with Crippen molar-refractivity contribution in [3.8, 4) is 11.5 Å². The van der Waals surface area contributed by atoms with Crippen molar-refractivity contribution in [2.45, 2.75) is 18.9 Å². The highest BCUT2D eigenvalue weighted by Gasteiger charge is 2.20. The van der Waals surface area contributed by atoms with Crippen molar-refractivity contribution in [3.05, 3.63) is 59.7 Å². The number of fused-ring (bicyclic) bond motifs is 1. The quantitative estimate of drug-likeness (QED) is 0.650. The molecule has 0 saturated carbocycles. The fourth-order valence-corrected chi connectivity index (χ4v) is 3.04. The zero-order valence-corrected chi connectivity index (χ0v) is 14.8. The lowest BCUT2D eigenvalue weighted by Crippen LogP contribution is -2.39. The lowest BCUT2D eigenvalue weighted by Gasteiger charge is -2.26. The van der Waals surface area contributed by atoms with Gasteiger partial charge in [0.15, 0.2) is 5.96 Å². The van der Waals surface area contributed by atoms with Gasteiger partial charge in [-0.25, -0.2) is 0 Å². The summed E-state index contributed by atoms with van der Waals surface area (Å²) in [4.78, 5) is 4.32. The van der Waals surface area contributed by atoms with Gasteiger partial charge < -0.3 is 20.1 Å². The van der Waals surface area contributed by atoms with E-state index < -0.39 is 0 Å². The standard InChI is InChI=1S/C20H25N3O2/c1-21-20(22-13-15-6-5-7-17(12-15)24-2)23-14-16-10-11-25-19-9-4-3-8-18(16)19/h3-9,12,16H,10-11,13-14H2,1-2H3,(H2,21,22,23). The molecule has 0 aromatic heterocycles.